The van der Waals surface area contributed by atoms with Gasteiger partial charge < -0.3 is 18.8 Å². The lowest BCUT2D eigenvalue weighted by atomic mass is 9.98. The van der Waals surface area contributed by atoms with Crippen molar-refractivity contribution >= 4 is 28.5 Å². The highest BCUT2D eigenvalue weighted by Crippen LogP contribution is 2.40. The standard InChI is InChI=1S/C21H18ClNO5/c1-4-27-15-7-5-11(9-16(15)26-3)18-17-19(24)13-10-12(22)6-8-14(13)28-20(17)21(25)23(18)2/h5-10,18H,4H2,1-3H3. The van der Waals surface area contributed by atoms with Crippen LogP contribution in [0.3, 0.4) is 0 Å². The zero-order valence-electron chi connectivity index (χ0n) is 15.6. The molecular formula is C21H18ClNO5. The Morgan fingerprint density at radius 2 is 1.93 bits per heavy atom. The van der Waals surface area contributed by atoms with E-state index >= 15 is 0 Å². The van der Waals surface area contributed by atoms with Crippen molar-refractivity contribution in [2.24, 2.45) is 0 Å². The molecule has 4 rings (SSSR count). The van der Waals surface area contributed by atoms with Gasteiger partial charge in [-0.3, -0.25) is 9.59 Å². The van der Waals surface area contributed by atoms with E-state index in [9.17, 15) is 9.59 Å². The van der Waals surface area contributed by atoms with Crippen LogP contribution in [-0.4, -0.2) is 31.6 Å². The molecule has 28 heavy (non-hydrogen) atoms. The van der Waals surface area contributed by atoms with Gasteiger partial charge in [-0.2, -0.15) is 0 Å². The highest BCUT2D eigenvalue weighted by atomic mass is 35.5. The molecule has 1 aliphatic heterocycles. The molecule has 1 aromatic heterocycles. The molecule has 0 spiro atoms. The van der Waals surface area contributed by atoms with E-state index in [0.29, 0.717) is 39.7 Å². The maximum Gasteiger partial charge on any atom is 0.290 e. The number of nitrogens with zero attached hydrogens (tertiary/aromatic N) is 1. The van der Waals surface area contributed by atoms with E-state index < -0.39 is 6.04 Å². The molecule has 0 aliphatic carbocycles. The van der Waals surface area contributed by atoms with Gasteiger partial charge in [-0.1, -0.05) is 17.7 Å². The van der Waals surface area contributed by atoms with Gasteiger partial charge in [-0.05, 0) is 42.8 Å². The number of methoxy groups -OCH3 is 1. The molecule has 0 saturated carbocycles. The number of benzene rings is 2. The molecule has 1 aliphatic rings. The summed E-state index contributed by atoms with van der Waals surface area (Å²) >= 11 is 6.05. The van der Waals surface area contributed by atoms with Crippen LogP contribution in [0.5, 0.6) is 11.5 Å². The third kappa shape index (κ3) is 2.72. The molecule has 0 N–H and O–H groups in total. The molecule has 0 saturated heterocycles. The van der Waals surface area contributed by atoms with Crippen molar-refractivity contribution in [3.63, 3.8) is 0 Å². The van der Waals surface area contributed by atoms with E-state index in [1.165, 1.54) is 4.90 Å². The van der Waals surface area contributed by atoms with Gasteiger partial charge in [0, 0.05) is 12.1 Å². The van der Waals surface area contributed by atoms with Crippen LogP contribution in [0.15, 0.2) is 45.6 Å². The number of carbonyl (C=O) groups excluding carboxylic acids is 1. The second-order valence-corrected chi connectivity index (χ2v) is 6.91. The van der Waals surface area contributed by atoms with Crippen LogP contribution < -0.4 is 14.9 Å². The molecule has 1 amide bonds. The van der Waals surface area contributed by atoms with Crippen molar-refractivity contribution in [2.75, 3.05) is 20.8 Å². The third-order valence-electron chi connectivity index (χ3n) is 4.87. The van der Waals surface area contributed by atoms with Gasteiger partial charge in [-0.15, -0.1) is 0 Å². The molecule has 1 unspecified atom stereocenters. The predicted octanol–water partition coefficient (Wildman–Crippen LogP) is 4.03. The molecule has 6 nitrogen and oxygen atoms in total. The third-order valence-corrected chi connectivity index (χ3v) is 5.10. The normalized spacial score (nSPS) is 15.8. The van der Waals surface area contributed by atoms with Gasteiger partial charge in [0.2, 0.25) is 5.76 Å². The Balaban J connectivity index is 1.94. The Labute approximate surface area is 166 Å². The summed E-state index contributed by atoms with van der Waals surface area (Å²) in [6.07, 6.45) is 0. The minimum atomic E-state index is -0.591. The fourth-order valence-corrected chi connectivity index (χ4v) is 3.75. The molecule has 0 bridgehead atoms. The molecule has 144 valence electrons. The first kappa shape index (κ1) is 18.4. The lowest BCUT2D eigenvalue weighted by molar-refractivity contribution is 0.0771. The topological polar surface area (TPSA) is 69.0 Å². The van der Waals surface area contributed by atoms with Crippen LogP contribution in [0.4, 0.5) is 0 Å². The van der Waals surface area contributed by atoms with Gasteiger partial charge in [0.15, 0.2) is 16.9 Å². The van der Waals surface area contributed by atoms with E-state index in [0.717, 1.165) is 5.56 Å². The van der Waals surface area contributed by atoms with E-state index in [2.05, 4.69) is 0 Å². The Morgan fingerprint density at radius 1 is 1.14 bits per heavy atom. The van der Waals surface area contributed by atoms with Gasteiger partial charge in [0.25, 0.3) is 5.91 Å². The minimum Gasteiger partial charge on any atom is -0.493 e. The predicted molar refractivity (Wildman–Crippen MR) is 106 cm³/mol. The van der Waals surface area contributed by atoms with Crippen LogP contribution in [0.25, 0.3) is 11.0 Å². The van der Waals surface area contributed by atoms with Crippen molar-refractivity contribution in [3.05, 3.63) is 68.5 Å². The van der Waals surface area contributed by atoms with E-state index in [-0.39, 0.29) is 17.1 Å². The van der Waals surface area contributed by atoms with E-state index in [1.807, 2.05) is 13.0 Å². The van der Waals surface area contributed by atoms with Gasteiger partial charge in [-0.25, -0.2) is 0 Å². The van der Waals surface area contributed by atoms with Crippen LogP contribution in [0, 0.1) is 0 Å². The fourth-order valence-electron chi connectivity index (χ4n) is 3.58. The number of fused-ring (bicyclic) bond motifs is 2. The summed E-state index contributed by atoms with van der Waals surface area (Å²) in [6.45, 7) is 2.38. The van der Waals surface area contributed by atoms with Gasteiger partial charge in [0.1, 0.15) is 5.58 Å². The number of ether oxygens (including phenoxy) is 2. The maximum absolute atomic E-state index is 13.2. The van der Waals surface area contributed by atoms with Crippen LogP contribution in [0.1, 0.15) is 34.6 Å². The van der Waals surface area contributed by atoms with Crippen molar-refractivity contribution in [2.45, 2.75) is 13.0 Å². The largest absolute Gasteiger partial charge is 0.493 e. The molecule has 1 atom stereocenters. The Hall–Kier alpha value is -2.99. The number of amides is 1. The molecule has 0 radical (unpaired) electrons. The molecule has 3 aromatic rings. The number of rotatable bonds is 4. The average Bonchev–Trinajstić information content (AvgIpc) is 2.94. The molecule has 0 fully saturated rings. The molecular weight excluding hydrogens is 382 g/mol. The first-order chi connectivity index (χ1) is 13.5. The number of hydrogen-bond donors (Lipinski definition) is 0. The summed E-state index contributed by atoms with van der Waals surface area (Å²) in [4.78, 5) is 27.5. The van der Waals surface area contributed by atoms with Crippen LogP contribution in [0.2, 0.25) is 5.02 Å². The Bertz CT molecular complexity index is 1150. The number of hydrogen-bond acceptors (Lipinski definition) is 5. The average molecular weight is 400 g/mol. The lowest BCUT2D eigenvalue weighted by Gasteiger charge is -2.21. The summed E-state index contributed by atoms with van der Waals surface area (Å²) in [7, 11) is 3.19. The molecule has 2 aromatic carbocycles. The number of halogens is 1. The summed E-state index contributed by atoms with van der Waals surface area (Å²) in [5.41, 5.74) is 1.09. The van der Waals surface area contributed by atoms with Crippen molar-refractivity contribution < 1.29 is 18.7 Å². The molecule has 7 heteroatoms. The second kappa shape index (κ2) is 6.87. The fraction of sp³-hybridized carbons (Fsp3) is 0.238. The Morgan fingerprint density at radius 3 is 2.64 bits per heavy atom. The van der Waals surface area contributed by atoms with Gasteiger partial charge in [0.05, 0.1) is 30.7 Å². The smallest absolute Gasteiger partial charge is 0.290 e. The first-order valence-electron chi connectivity index (χ1n) is 8.80. The summed E-state index contributed by atoms with van der Waals surface area (Å²) < 4.78 is 16.8. The zero-order chi connectivity index (χ0) is 20.0. The van der Waals surface area contributed by atoms with Crippen molar-refractivity contribution in [3.8, 4) is 11.5 Å². The highest BCUT2D eigenvalue weighted by molar-refractivity contribution is 6.31. The monoisotopic (exact) mass is 399 g/mol. The first-order valence-corrected chi connectivity index (χ1v) is 9.18. The lowest BCUT2D eigenvalue weighted by Crippen LogP contribution is -2.25. The number of carbonyl (C=O) groups is 1. The van der Waals surface area contributed by atoms with E-state index in [1.54, 1.807) is 44.5 Å². The quantitative estimate of drug-likeness (QED) is 0.662. The van der Waals surface area contributed by atoms with Crippen molar-refractivity contribution in [1.29, 1.82) is 0 Å². The summed E-state index contributed by atoms with van der Waals surface area (Å²) in [6, 6.07) is 9.55. The second-order valence-electron chi connectivity index (χ2n) is 6.48. The van der Waals surface area contributed by atoms with Crippen molar-refractivity contribution in [1.82, 2.24) is 4.90 Å². The van der Waals surface area contributed by atoms with Crippen LogP contribution in [-0.2, 0) is 0 Å². The summed E-state index contributed by atoms with van der Waals surface area (Å²) in [5.74, 6) is 0.835. The SMILES string of the molecule is CCOc1ccc(C2c3c(oc4ccc(Cl)cc4c3=O)C(=O)N2C)cc1OC. The van der Waals surface area contributed by atoms with E-state index in [4.69, 9.17) is 25.5 Å². The Kier molecular flexibility index (Phi) is 4.51. The zero-order valence-corrected chi connectivity index (χ0v) is 16.4. The van der Waals surface area contributed by atoms with Crippen LogP contribution >= 0.6 is 11.6 Å². The summed E-state index contributed by atoms with van der Waals surface area (Å²) in [5, 5.41) is 0.772. The minimum absolute atomic E-state index is 0.0557. The maximum atomic E-state index is 13.2. The van der Waals surface area contributed by atoms with Gasteiger partial charge >= 0.3 is 0 Å². The molecule has 2 heterocycles. The highest BCUT2D eigenvalue weighted by Gasteiger charge is 2.41.